The lowest BCUT2D eigenvalue weighted by atomic mass is 9.88. The normalized spacial score (nSPS) is 38.5. The molecule has 3 N–H and O–H groups in total. The second-order valence-corrected chi connectivity index (χ2v) is 6.69. The smallest absolute Gasteiger partial charge is 0.0797 e. The number of hydrogen-bond acceptors (Lipinski definition) is 4. The number of nitrogens with zero attached hydrogens (tertiary/aromatic N) is 2. The van der Waals surface area contributed by atoms with Crippen molar-refractivity contribution < 1.29 is 5.11 Å². The first-order chi connectivity index (χ1) is 9.05. The fraction of sp³-hybridized carbons (Fsp3) is 1.00. The van der Waals surface area contributed by atoms with Gasteiger partial charge in [-0.15, -0.1) is 0 Å². The zero-order valence-corrected chi connectivity index (χ0v) is 12.6. The van der Waals surface area contributed by atoms with Crippen molar-refractivity contribution in [1.29, 1.82) is 0 Å². The monoisotopic (exact) mass is 269 g/mol. The molecule has 0 aromatic heterocycles. The highest BCUT2D eigenvalue weighted by Gasteiger charge is 2.39. The Hall–Kier alpha value is -0.160. The van der Waals surface area contributed by atoms with Crippen molar-refractivity contribution in [2.75, 3.05) is 39.8 Å². The Balaban J connectivity index is 1.84. The molecule has 1 aliphatic carbocycles. The van der Waals surface area contributed by atoms with E-state index < -0.39 is 5.60 Å². The summed E-state index contributed by atoms with van der Waals surface area (Å²) < 4.78 is 0. The third kappa shape index (κ3) is 3.69. The standard InChI is InChI=1S/C15H31N3O/c1-13-11-17(2)8-4-9-18(13)10-6-14-5-3-7-15(14,19)12-16/h13-14,19H,3-12,16H2,1-2H3. The first-order valence-electron chi connectivity index (χ1n) is 7.90. The SMILES string of the molecule is CC1CN(C)CCCN1CCC1CCCC1(O)CN. The Morgan fingerprint density at radius 2 is 2.11 bits per heavy atom. The van der Waals surface area contributed by atoms with Gasteiger partial charge in [-0.1, -0.05) is 6.42 Å². The van der Waals surface area contributed by atoms with Gasteiger partial charge in [-0.05, 0) is 65.2 Å². The number of aliphatic hydroxyl groups is 1. The van der Waals surface area contributed by atoms with Crippen LogP contribution in [-0.2, 0) is 0 Å². The van der Waals surface area contributed by atoms with E-state index in [1.165, 1.54) is 19.5 Å². The zero-order chi connectivity index (χ0) is 13.9. The summed E-state index contributed by atoms with van der Waals surface area (Å²) in [5, 5.41) is 10.5. The van der Waals surface area contributed by atoms with Gasteiger partial charge in [-0.25, -0.2) is 0 Å². The summed E-state index contributed by atoms with van der Waals surface area (Å²) in [4.78, 5) is 5.02. The van der Waals surface area contributed by atoms with Gasteiger partial charge < -0.3 is 15.7 Å². The molecule has 2 rings (SSSR count). The Bertz CT molecular complexity index is 287. The first-order valence-corrected chi connectivity index (χ1v) is 7.90. The van der Waals surface area contributed by atoms with Crippen LogP contribution in [0.4, 0.5) is 0 Å². The van der Waals surface area contributed by atoms with E-state index in [1.54, 1.807) is 0 Å². The molecule has 0 spiro atoms. The molecule has 1 saturated carbocycles. The highest BCUT2D eigenvalue weighted by molar-refractivity contribution is 4.93. The van der Waals surface area contributed by atoms with Gasteiger partial charge in [-0.2, -0.15) is 0 Å². The topological polar surface area (TPSA) is 52.7 Å². The van der Waals surface area contributed by atoms with E-state index in [0.717, 1.165) is 38.8 Å². The van der Waals surface area contributed by atoms with Gasteiger partial charge in [0.25, 0.3) is 0 Å². The molecule has 4 nitrogen and oxygen atoms in total. The van der Waals surface area contributed by atoms with Gasteiger partial charge in [-0.3, -0.25) is 4.90 Å². The van der Waals surface area contributed by atoms with Crippen molar-refractivity contribution in [3.05, 3.63) is 0 Å². The third-order valence-electron chi connectivity index (χ3n) is 5.22. The van der Waals surface area contributed by atoms with E-state index in [9.17, 15) is 5.11 Å². The molecule has 4 heteroatoms. The van der Waals surface area contributed by atoms with Crippen LogP contribution in [0.2, 0.25) is 0 Å². The maximum absolute atomic E-state index is 10.5. The molecule has 0 radical (unpaired) electrons. The molecular weight excluding hydrogens is 238 g/mol. The van der Waals surface area contributed by atoms with Gasteiger partial charge >= 0.3 is 0 Å². The summed E-state index contributed by atoms with van der Waals surface area (Å²) in [5.41, 5.74) is 5.19. The average Bonchev–Trinajstić information content (AvgIpc) is 2.67. The molecule has 0 aromatic rings. The molecule has 0 aromatic carbocycles. The maximum Gasteiger partial charge on any atom is 0.0797 e. The summed E-state index contributed by atoms with van der Waals surface area (Å²) in [6.45, 7) is 7.42. The second-order valence-electron chi connectivity index (χ2n) is 6.69. The summed E-state index contributed by atoms with van der Waals surface area (Å²) in [6.07, 6.45) is 5.54. The number of rotatable bonds is 4. The largest absolute Gasteiger partial charge is 0.388 e. The van der Waals surface area contributed by atoms with Crippen molar-refractivity contribution in [3.8, 4) is 0 Å². The van der Waals surface area contributed by atoms with E-state index in [1.807, 2.05) is 0 Å². The first kappa shape index (κ1) is 15.2. The highest BCUT2D eigenvalue weighted by Crippen LogP contribution is 2.37. The highest BCUT2D eigenvalue weighted by atomic mass is 16.3. The molecule has 19 heavy (non-hydrogen) atoms. The Labute approximate surface area is 117 Å². The molecule has 0 amide bonds. The van der Waals surface area contributed by atoms with E-state index in [-0.39, 0.29) is 0 Å². The zero-order valence-electron chi connectivity index (χ0n) is 12.6. The minimum atomic E-state index is -0.578. The molecule has 3 atom stereocenters. The lowest BCUT2D eigenvalue weighted by Gasteiger charge is -2.33. The predicted octanol–water partition coefficient (Wildman–Crippen LogP) is 0.892. The number of nitrogens with two attached hydrogens (primary N) is 1. The molecule has 2 aliphatic rings. The summed E-state index contributed by atoms with van der Waals surface area (Å²) in [5.74, 6) is 0.408. The molecule has 1 heterocycles. The number of hydrogen-bond donors (Lipinski definition) is 2. The Morgan fingerprint density at radius 1 is 1.32 bits per heavy atom. The van der Waals surface area contributed by atoms with Crippen LogP contribution in [-0.4, -0.2) is 66.3 Å². The molecule has 0 bridgehead atoms. The quantitative estimate of drug-likeness (QED) is 0.796. The van der Waals surface area contributed by atoms with E-state index in [0.29, 0.717) is 18.5 Å². The van der Waals surface area contributed by atoms with Crippen LogP contribution in [0.15, 0.2) is 0 Å². The lowest BCUT2D eigenvalue weighted by Crippen LogP contribution is -2.44. The van der Waals surface area contributed by atoms with Crippen LogP contribution >= 0.6 is 0 Å². The van der Waals surface area contributed by atoms with Crippen molar-refractivity contribution in [2.45, 2.75) is 50.7 Å². The van der Waals surface area contributed by atoms with Crippen LogP contribution in [0.25, 0.3) is 0 Å². The van der Waals surface area contributed by atoms with Crippen LogP contribution in [0.1, 0.15) is 39.0 Å². The van der Waals surface area contributed by atoms with E-state index in [4.69, 9.17) is 5.73 Å². The second kappa shape index (κ2) is 6.53. The van der Waals surface area contributed by atoms with E-state index >= 15 is 0 Å². The van der Waals surface area contributed by atoms with Gasteiger partial charge in [0.2, 0.25) is 0 Å². The van der Waals surface area contributed by atoms with Gasteiger partial charge in [0.05, 0.1) is 5.60 Å². The van der Waals surface area contributed by atoms with Crippen molar-refractivity contribution in [1.82, 2.24) is 9.80 Å². The van der Waals surface area contributed by atoms with Crippen LogP contribution in [0, 0.1) is 5.92 Å². The van der Waals surface area contributed by atoms with Crippen molar-refractivity contribution in [3.63, 3.8) is 0 Å². The minimum absolute atomic E-state index is 0.408. The minimum Gasteiger partial charge on any atom is -0.388 e. The number of likely N-dealkylation sites (N-methyl/N-ethyl adjacent to an activating group) is 1. The molecule has 112 valence electrons. The molecule has 2 fully saturated rings. The fourth-order valence-corrected chi connectivity index (χ4v) is 3.88. The molecule has 3 unspecified atom stereocenters. The lowest BCUT2D eigenvalue weighted by molar-refractivity contribution is 0.00330. The fourth-order valence-electron chi connectivity index (χ4n) is 3.88. The molecule has 1 saturated heterocycles. The van der Waals surface area contributed by atoms with Gasteiger partial charge in [0.1, 0.15) is 0 Å². The van der Waals surface area contributed by atoms with E-state index in [2.05, 4.69) is 23.8 Å². The van der Waals surface area contributed by atoms with Crippen LogP contribution in [0.5, 0.6) is 0 Å². The van der Waals surface area contributed by atoms with Crippen LogP contribution in [0.3, 0.4) is 0 Å². The van der Waals surface area contributed by atoms with Gasteiger partial charge in [0.15, 0.2) is 0 Å². The molecular formula is C15H31N3O. The molecule has 1 aliphatic heterocycles. The van der Waals surface area contributed by atoms with Crippen molar-refractivity contribution >= 4 is 0 Å². The van der Waals surface area contributed by atoms with Crippen molar-refractivity contribution in [2.24, 2.45) is 11.7 Å². The average molecular weight is 269 g/mol. The van der Waals surface area contributed by atoms with Crippen LogP contribution < -0.4 is 5.73 Å². The third-order valence-corrected chi connectivity index (χ3v) is 5.22. The summed E-state index contributed by atoms with van der Waals surface area (Å²) >= 11 is 0. The Kier molecular flexibility index (Phi) is 5.23. The summed E-state index contributed by atoms with van der Waals surface area (Å²) in [7, 11) is 2.21. The maximum atomic E-state index is 10.5. The van der Waals surface area contributed by atoms with Gasteiger partial charge in [0, 0.05) is 19.1 Å². The predicted molar refractivity (Wildman–Crippen MR) is 79.1 cm³/mol. The Morgan fingerprint density at radius 3 is 2.84 bits per heavy atom. The summed E-state index contributed by atoms with van der Waals surface area (Å²) in [6, 6.07) is 0.625.